The van der Waals surface area contributed by atoms with Crippen molar-refractivity contribution in [3.63, 3.8) is 0 Å². The quantitative estimate of drug-likeness (QED) is 0.670. The molecule has 1 aromatic carbocycles. The molecule has 3 aliphatic rings. The van der Waals surface area contributed by atoms with Crippen molar-refractivity contribution >= 4 is 15.9 Å². The molecule has 1 aromatic rings. The van der Waals surface area contributed by atoms with Gasteiger partial charge in [0, 0.05) is 4.47 Å². The van der Waals surface area contributed by atoms with Crippen LogP contribution in [0.15, 0.2) is 28.7 Å². The van der Waals surface area contributed by atoms with Crippen LogP contribution in [0.1, 0.15) is 45.6 Å². The van der Waals surface area contributed by atoms with E-state index >= 15 is 0 Å². The van der Waals surface area contributed by atoms with Gasteiger partial charge in [0.25, 0.3) is 0 Å². The van der Waals surface area contributed by atoms with Crippen LogP contribution >= 0.6 is 15.9 Å². The Morgan fingerprint density at radius 2 is 2.05 bits per heavy atom. The predicted molar refractivity (Wildman–Crippen MR) is 85.1 cm³/mol. The molecule has 3 fully saturated rings. The zero-order valence-electron chi connectivity index (χ0n) is 12.3. The van der Waals surface area contributed by atoms with E-state index in [0.29, 0.717) is 5.41 Å². The second-order valence-corrected chi connectivity index (χ2v) is 8.30. The van der Waals surface area contributed by atoms with Crippen LogP contribution in [0.2, 0.25) is 0 Å². The number of halogens is 1. The summed E-state index contributed by atoms with van der Waals surface area (Å²) in [5.74, 6) is 3.86. The average molecular weight is 321 g/mol. The summed E-state index contributed by atoms with van der Waals surface area (Å²) in [5.41, 5.74) is 2.12. The number of benzene rings is 1. The average Bonchev–Trinajstić information content (AvgIpc) is 2.37. The van der Waals surface area contributed by atoms with Crippen LogP contribution in [-0.4, -0.2) is 0 Å². The maximum Gasteiger partial charge on any atom is 0.0177 e. The lowest BCUT2D eigenvalue weighted by atomic mass is 9.43. The Kier molecular flexibility index (Phi) is 3.53. The van der Waals surface area contributed by atoms with E-state index < -0.39 is 0 Å². The van der Waals surface area contributed by atoms with Gasteiger partial charge in [-0.25, -0.2) is 0 Å². The summed E-state index contributed by atoms with van der Waals surface area (Å²) in [4.78, 5) is 0. The fraction of sp³-hybridized carbons (Fsp3) is 0.667. The third kappa shape index (κ3) is 2.39. The minimum Gasteiger partial charge on any atom is -0.0620 e. The molecule has 0 aliphatic heterocycles. The maximum atomic E-state index is 3.57. The summed E-state index contributed by atoms with van der Waals surface area (Å²) in [7, 11) is 0. The molecule has 4 rings (SSSR count). The van der Waals surface area contributed by atoms with E-state index in [-0.39, 0.29) is 0 Å². The van der Waals surface area contributed by atoms with Crippen LogP contribution in [-0.2, 0) is 6.42 Å². The van der Waals surface area contributed by atoms with Crippen LogP contribution in [0.4, 0.5) is 0 Å². The van der Waals surface area contributed by atoms with Crippen molar-refractivity contribution in [3.8, 4) is 0 Å². The van der Waals surface area contributed by atoms with Crippen molar-refractivity contribution in [3.05, 3.63) is 34.3 Å². The molecule has 0 unspecified atom stereocenters. The Morgan fingerprint density at radius 1 is 1.26 bits per heavy atom. The normalized spacial score (nSPS) is 35.8. The molecular weight excluding hydrogens is 296 g/mol. The van der Waals surface area contributed by atoms with Gasteiger partial charge in [-0.15, -0.1) is 0 Å². The van der Waals surface area contributed by atoms with Crippen molar-refractivity contribution < 1.29 is 0 Å². The van der Waals surface area contributed by atoms with Crippen molar-refractivity contribution in [2.75, 3.05) is 0 Å². The highest BCUT2D eigenvalue weighted by Gasteiger charge is 2.55. The van der Waals surface area contributed by atoms with Crippen LogP contribution in [0.5, 0.6) is 0 Å². The number of rotatable bonds is 3. The maximum absolute atomic E-state index is 3.57. The second kappa shape index (κ2) is 4.91. The van der Waals surface area contributed by atoms with E-state index in [1.165, 1.54) is 35.7 Å². The van der Waals surface area contributed by atoms with E-state index in [2.05, 4.69) is 61.0 Å². The smallest absolute Gasteiger partial charge is 0.0177 e. The largest absolute Gasteiger partial charge is 0.0620 e. The third-order valence-corrected chi connectivity index (χ3v) is 6.70. The SMILES string of the molecule is C[C@@H]1[C@@H](CCc2cccc(Br)c2)C[C@H]2C[C@@H]1C2(C)C. The summed E-state index contributed by atoms with van der Waals surface area (Å²) in [5, 5.41) is 0. The summed E-state index contributed by atoms with van der Waals surface area (Å²) in [6, 6.07) is 8.82. The summed E-state index contributed by atoms with van der Waals surface area (Å²) in [6.45, 7) is 7.49. The molecule has 4 atom stereocenters. The Morgan fingerprint density at radius 3 is 2.68 bits per heavy atom. The van der Waals surface area contributed by atoms with Gasteiger partial charge >= 0.3 is 0 Å². The molecule has 0 spiro atoms. The van der Waals surface area contributed by atoms with Crippen LogP contribution in [0, 0.1) is 29.1 Å². The number of fused-ring (bicyclic) bond motifs is 2. The van der Waals surface area contributed by atoms with Gasteiger partial charge in [-0.3, -0.25) is 0 Å². The van der Waals surface area contributed by atoms with Crippen LogP contribution in [0.3, 0.4) is 0 Å². The third-order valence-electron chi connectivity index (χ3n) is 6.20. The molecule has 3 aliphatic carbocycles. The molecule has 0 nitrogen and oxygen atoms in total. The number of hydrogen-bond acceptors (Lipinski definition) is 0. The first kappa shape index (κ1) is 13.7. The van der Waals surface area contributed by atoms with Gasteiger partial charge in [-0.2, -0.15) is 0 Å². The number of hydrogen-bond donors (Lipinski definition) is 0. The first-order chi connectivity index (χ1) is 8.98. The van der Waals surface area contributed by atoms with Gasteiger partial charge in [-0.1, -0.05) is 48.8 Å². The van der Waals surface area contributed by atoms with E-state index in [0.717, 1.165) is 23.7 Å². The van der Waals surface area contributed by atoms with E-state index in [1.807, 2.05) is 0 Å². The molecule has 0 radical (unpaired) electrons. The van der Waals surface area contributed by atoms with E-state index in [9.17, 15) is 0 Å². The van der Waals surface area contributed by atoms with Gasteiger partial charge < -0.3 is 0 Å². The highest BCUT2D eigenvalue weighted by molar-refractivity contribution is 9.10. The first-order valence-corrected chi connectivity index (χ1v) is 8.52. The van der Waals surface area contributed by atoms with Gasteiger partial charge in [0.15, 0.2) is 0 Å². The molecular formula is C18H25Br. The molecule has 0 heterocycles. The van der Waals surface area contributed by atoms with E-state index in [4.69, 9.17) is 0 Å². The Hall–Kier alpha value is -0.300. The Labute approximate surface area is 126 Å². The lowest BCUT2D eigenvalue weighted by Crippen LogP contribution is -2.54. The topological polar surface area (TPSA) is 0 Å². The molecule has 19 heavy (non-hydrogen) atoms. The molecule has 1 heteroatoms. The standard InChI is InChI=1S/C18H25Br/c1-12-14(10-15-11-17(12)18(15,2)3)8-7-13-5-4-6-16(19)9-13/h4-6,9,12,14-15,17H,7-8,10-11H2,1-3H3/t12-,14+,15+,17+/m1/s1. The monoisotopic (exact) mass is 320 g/mol. The van der Waals surface area contributed by atoms with Gasteiger partial charge in [0.05, 0.1) is 0 Å². The Bertz CT molecular complexity index is 463. The van der Waals surface area contributed by atoms with Gasteiger partial charge in [0.1, 0.15) is 0 Å². The van der Waals surface area contributed by atoms with Gasteiger partial charge in [0.2, 0.25) is 0 Å². The molecule has 0 amide bonds. The molecule has 3 saturated carbocycles. The van der Waals surface area contributed by atoms with Crippen LogP contribution < -0.4 is 0 Å². The van der Waals surface area contributed by atoms with Gasteiger partial charge in [-0.05, 0) is 72.5 Å². The highest BCUT2D eigenvalue weighted by Crippen LogP contribution is 2.63. The predicted octanol–water partition coefficient (Wildman–Crippen LogP) is 5.70. The summed E-state index contributed by atoms with van der Waals surface area (Å²) in [6.07, 6.45) is 5.59. The molecule has 104 valence electrons. The van der Waals surface area contributed by atoms with Crippen molar-refractivity contribution in [2.24, 2.45) is 29.1 Å². The van der Waals surface area contributed by atoms with Crippen molar-refractivity contribution in [2.45, 2.75) is 46.5 Å². The van der Waals surface area contributed by atoms with Crippen molar-refractivity contribution in [1.29, 1.82) is 0 Å². The number of aryl methyl sites for hydroxylation is 1. The first-order valence-electron chi connectivity index (χ1n) is 7.73. The molecule has 2 bridgehead atoms. The molecule has 0 saturated heterocycles. The summed E-state index contributed by atoms with van der Waals surface area (Å²) < 4.78 is 1.21. The lowest BCUT2D eigenvalue weighted by molar-refractivity contribution is -0.129. The van der Waals surface area contributed by atoms with Crippen LogP contribution in [0.25, 0.3) is 0 Å². The summed E-state index contributed by atoms with van der Waals surface area (Å²) >= 11 is 3.57. The lowest BCUT2D eigenvalue weighted by Gasteiger charge is -2.62. The Balaban J connectivity index is 1.60. The van der Waals surface area contributed by atoms with Crippen molar-refractivity contribution in [1.82, 2.24) is 0 Å². The zero-order chi connectivity index (χ0) is 13.6. The fourth-order valence-corrected chi connectivity index (χ4v) is 5.13. The molecule has 0 N–H and O–H groups in total. The highest BCUT2D eigenvalue weighted by atomic mass is 79.9. The minimum absolute atomic E-state index is 0.631. The van der Waals surface area contributed by atoms with E-state index in [1.54, 1.807) is 0 Å². The zero-order valence-corrected chi connectivity index (χ0v) is 13.9. The fourth-order valence-electron chi connectivity index (χ4n) is 4.68. The molecule has 0 aromatic heterocycles. The second-order valence-electron chi connectivity index (χ2n) is 7.38. The minimum atomic E-state index is 0.631.